The number of nitrogens with one attached hydrogen (secondary N) is 1. The fraction of sp³-hybridized carbons (Fsp3) is 0.438. The summed E-state index contributed by atoms with van der Waals surface area (Å²) in [6, 6.07) is 0.603. The zero-order chi connectivity index (χ0) is 15.0. The van der Waals surface area contributed by atoms with Gasteiger partial charge in [0, 0.05) is 18.3 Å². The van der Waals surface area contributed by atoms with Crippen LogP contribution in [-0.4, -0.2) is 11.5 Å². The number of pyridine rings is 1. The van der Waals surface area contributed by atoms with Crippen LogP contribution in [0.3, 0.4) is 0 Å². The normalized spacial score (nSPS) is 14.3. The van der Waals surface area contributed by atoms with E-state index in [2.05, 4.69) is 10.3 Å². The lowest BCUT2D eigenvalue weighted by atomic mass is 9.92. The number of hydrogen-bond acceptors (Lipinski definition) is 2. The Bertz CT molecular complexity index is 698. The number of fused-ring (bicyclic) bond motifs is 2. The lowest BCUT2D eigenvalue weighted by Crippen LogP contribution is -2.13. The van der Waals surface area contributed by atoms with Crippen LogP contribution in [0.1, 0.15) is 37.4 Å². The van der Waals surface area contributed by atoms with Gasteiger partial charge in [-0.05, 0) is 37.7 Å². The Morgan fingerprint density at radius 3 is 2.67 bits per heavy atom. The molecule has 0 bridgehead atoms. The second-order valence-electron chi connectivity index (χ2n) is 5.42. The van der Waals surface area contributed by atoms with Gasteiger partial charge in [0.25, 0.3) is 0 Å². The van der Waals surface area contributed by atoms with Gasteiger partial charge >= 0.3 is 0 Å². The van der Waals surface area contributed by atoms with Crippen LogP contribution < -0.4 is 5.32 Å². The summed E-state index contributed by atoms with van der Waals surface area (Å²) >= 11 is 0. The monoisotopic (exact) mass is 294 g/mol. The molecule has 2 aromatic rings. The summed E-state index contributed by atoms with van der Waals surface area (Å²) in [6.07, 6.45) is 4.36. The number of nitrogens with zero attached hydrogens (tertiary/aromatic N) is 1. The van der Waals surface area contributed by atoms with Gasteiger partial charge in [-0.25, -0.2) is 18.2 Å². The summed E-state index contributed by atoms with van der Waals surface area (Å²) in [5.41, 5.74) is 2.10. The zero-order valence-electron chi connectivity index (χ0n) is 11.9. The first-order valence-corrected chi connectivity index (χ1v) is 7.36. The molecule has 1 aromatic heterocycles. The van der Waals surface area contributed by atoms with Crippen molar-refractivity contribution in [2.24, 2.45) is 0 Å². The number of aryl methyl sites for hydroxylation is 1. The van der Waals surface area contributed by atoms with E-state index >= 15 is 0 Å². The summed E-state index contributed by atoms with van der Waals surface area (Å²) in [6.45, 7) is 2.66. The average Bonchev–Trinajstić information content (AvgIpc) is 2.49. The summed E-state index contributed by atoms with van der Waals surface area (Å²) in [5.74, 6) is -3.02. The van der Waals surface area contributed by atoms with E-state index in [0.717, 1.165) is 43.4 Å². The summed E-state index contributed by atoms with van der Waals surface area (Å²) in [4.78, 5) is 4.21. The van der Waals surface area contributed by atoms with E-state index in [1.165, 1.54) is 0 Å². The first-order chi connectivity index (χ1) is 10.1. The topological polar surface area (TPSA) is 24.9 Å². The van der Waals surface area contributed by atoms with Crippen molar-refractivity contribution in [1.82, 2.24) is 4.98 Å². The van der Waals surface area contributed by atoms with Crippen LogP contribution in [-0.2, 0) is 12.8 Å². The van der Waals surface area contributed by atoms with Gasteiger partial charge in [-0.1, -0.05) is 6.92 Å². The van der Waals surface area contributed by atoms with Crippen LogP contribution in [0.4, 0.5) is 18.9 Å². The van der Waals surface area contributed by atoms with Crippen molar-refractivity contribution in [3.05, 3.63) is 34.8 Å². The first kappa shape index (κ1) is 14.2. The molecule has 1 N–H and O–H groups in total. The van der Waals surface area contributed by atoms with Gasteiger partial charge in [0.1, 0.15) is 11.3 Å². The lowest BCUT2D eigenvalue weighted by molar-refractivity contribution is 0.503. The van der Waals surface area contributed by atoms with E-state index in [1.807, 2.05) is 6.92 Å². The van der Waals surface area contributed by atoms with Crippen LogP contribution in [0.5, 0.6) is 0 Å². The molecule has 0 amide bonds. The molecule has 21 heavy (non-hydrogen) atoms. The Balaban J connectivity index is 2.34. The van der Waals surface area contributed by atoms with Gasteiger partial charge in [0.05, 0.1) is 11.1 Å². The zero-order valence-corrected chi connectivity index (χ0v) is 11.9. The standard InChI is InChI=1S/C16H17F3N2/c1-2-7-20-15-9-5-3-4-6-12(9)21-16-13(15)10(17)8-11(18)14(16)19/h8H,2-7H2,1H3,(H,20,21). The molecule has 0 fully saturated rings. The smallest absolute Gasteiger partial charge is 0.185 e. The van der Waals surface area contributed by atoms with Crippen LogP contribution >= 0.6 is 0 Å². The fourth-order valence-electron chi connectivity index (χ4n) is 2.94. The Morgan fingerprint density at radius 2 is 1.90 bits per heavy atom. The Morgan fingerprint density at radius 1 is 1.14 bits per heavy atom. The minimum absolute atomic E-state index is 0.0722. The predicted octanol–water partition coefficient (Wildman–Crippen LogP) is 4.35. The highest BCUT2D eigenvalue weighted by Gasteiger charge is 2.23. The molecule has 0 radical (unpaired) electrons. The molecule has 0 spiro atoms. The molecule has 2 nitrogen and oxygen atoms in total. The minimum Gasteiger partial charge on any atom is -0.384 e. The Kier molecular flexibility index (Phi) is 3.74. The molecule has 3 rings (SSSR count). The second-order valence-corrected chi connectivity index (χ2v) is 5.42. The quantitative estimate of drug-likeness (QED) is 0.851. The Hall–Kier alpha value is -1.78. The average molecular weight is 294 g/mol. The highest BCUT2D eigenvalue weighted by Crippen LogP contribution is 2.36. The molecule has 1 aliphatic carbocycles. The molecule has 1 heterocycles. The lowest BCUT2D eigenvalue weighted by Gasteiger charge is -2.22. The van der Waals surface area contributed by atoms with Gasteiger partial charge in [0.2, 0.25) is 0 Å². The van der Waals surface area contributed by atoms with Crippen molar-refractivity contribution in [3.63, 3.8) is 0 Å². The molecule has 0 saturated carbocycles. The number of anilines is 1. The van der Waals surface area contributed by atoms with Crippen LogP contribution in [0.15, 0.2) is 6.07 Å². The second kappa shape index (κ2) is 5.54. The van der Waals surface area contributed by atoms with Crippen LogP contribution in [0, 0.1) is 17.5 Å². The van der Waals surface area contributed by atoms with Gasteiger partial charge in [-0.2, -0.15) is 0 Å². The van der Waals surface area contributed by atoms with Gasteiger partial charge < -0.3 is 5.32 Å². The third-order valence-corrected chi connectivity index (χ3v) is 3.94. The number of aromatic nitrogens is 1. The summed E-state index contributed by atoms with van der Waals surface area (Å²) in [7, 11) is 0. The van der Waals surface area contributed by atoms with E-state index in [9.17, 15) is 13.2 Å². The molecular weight excluding hydrogens is 277 g/mol. The van der Waals surface area contributed by atoms with Crippen LogP contribution in [0.25, 0.3) is 10.9 Å². The maximum atomic E-state index is 14.2. The highest BCUT2D eigenvalue weighted by atomic mass is 19.2. The molecule has 112 valence electrons. The summed E-state index contributed by atoms with van der Waals surface area (Å²) in [5, 5.41) is 3.26. The number of halogens is 3. The molecule has 5 heteroatoms. The van der Waals surface area contributed by atoms with Crippen molar-refractivity contribution in [3.8, 4) is 0 Å². The van der Waals surface area contributed by atoms with E-state index in [1.54, 1.807) is 0 Å². The minimum atomic E-state index is -1.19. The molecule has 0 unspecified atom stereocenters. The molecular formula is C16H17F3N2. The van der Waals surface area contributed by atoms with E-state index in [0.29, 0.717) is 18.3 Å². The third-order valence-electron chi connectivity index (χ3n) is 3.94. The molecule has 0 atom stereocenters. The maximum Gasteiger partial charge on any atom is 0.185 e. The van der Waals surface area contributed by atoms with Gasteiger partial charge in [-0.3, -0.25) is 0 Å². The van der Waals surface area contributed by atoms with E-state index < -0.39 is 17.5 Å². The summed E-state index contributed by atoms with van der Waals surface area (Å²) < 4.78 is 41.7. The maximum absolute atomic E-state index is 14.2. The van der Waals surface area contributed by atoms with Crippen molar-refractivity contribution >= 4 is 16.6 Å². The fourth-order valence-corrected chi connectivity index (χ4v) is 2.94. The van der Waals surface area contributed by atoms with Gasteiger partial charge in [-0.15, -0.1) is 0 Å². The van der Waals surface area contributed by atoms with Crippen LogP contribution in [0.2, 0.25) is 0 Å². The molecule has 0 saturated heterocycles. The predicted molar refractivity (Wildman–Crippen MR) is 77.0 cm³/mol. The Labute approximate surface area is 121 Å². The SMILES string of the molecule is CCCNc1c2c(nc3c(F)c(F)cc(F)c13)CCCC2. The number of hydrogen-bond donors (Lipinski definition) is 1. The number of benzene rings is 1. The molecule has 1 aromatic carbocycles. The van der Waals surface area contributed by atoms with Crippen molar-refractivity contribution in [1.29, 1.82) is 0 Å². The molecule has 0 aliphatic heterocycles. The van der Waals surface area contributed by atoms with Crippen molar-refractivity contribution in [2.75, 3.05) is 11.9 Å². The van der Waals surface area contributed by atoms with Crippen molar-refractivity contribution in [2.45, 2.75) is 39.0 Å². The number of rotatable bonds is 3. The van der Waals surface area contributed by atoms with Crippen molar-refractivity contribution < 1.29 is 13.2 Å². The first-order valence-electron chi connectivity index (χ1n) is 7.36. The highest BCUT2D eigenvalue weighted by molar-refractivity contribution is 5.94. The third kappa shape index (κ3) is 2.34. The molecule has 1 aliphatic rings. The van der Waals surface area contributed by atoms with E-state index in [4.69, 9.17) is 0 Å². The van der Waals surface area contributed by atoms with E-state index in [-0.39, 0.29) is 10.9 Å². The van der Waals surface area contributed by atoms with Gasteiger partial charge in [0.15, 0.2) is 11.6 Å². The largest absolute Gasteiger partial charge is 0.384 e.